The summed E-state index contributed by atoms with van der Waals surface area (Å²) in [7, 11) is 0. The Labute approximate surface area is 443 Å². The van der Waals surface area contributed by atoms with Crippen molar-refractivity contribution in [3.8, 4) is 22.8 Å². The van der Waals surface area contributed by atoms with Crippen LogP contribution in [0.25, 0.3) is 47.1 Å². The molecule has 8 nitrogen and oxygen atoms in total. The molecule has 74 heavy (non-hydrogen) atoms. The molecule has 0 spiro atoms. The SMILES string of the molecule is CCc1c2[nH]c(c1CC)-c1[nH]c(c(CC)c1CC)/C=C1/N=C(C(C)=C1C)C(C)(C)C1=N/C(=C\c3[nH]c(c(CC)c3CC)-c3[nH]c(c(CC)c3CC)/C=C3/N=C(C(C)=C3C)C(C)(C)C3=N/C(=C\2)C(C)=C3C)C(C)=C1C. The lowest BCUT2D eigenvalue weighted by atomic mass is 9.76. The van der Waals surface area contributed by atoms with E-state index in [2.05, 4.69) is 183 Å². The Morgan fingerprint density at radius 2 is 0.459 bits per heavy atom. The third-order valence-corrected chi connectivity index (χ3v) is 18.0. The fraction of sp³-hybridized carbons (Fsp3) is 0.455. The first-order valence-electron chi connectivity index (χ1n) is 28.1. The first-order chi connectivity index (χ1) is 35.2. The molecule has 4 N–H and O–H groups in total. The van der Waals surface area contributed by atoms with E-state index in [0.717, 1.165) is 120 Å². The van der Waals surface area contributed by atoms with Crippen LogP contribution in [0, 0.1) is 10.8 Å². The van der Waals surface area contributed by atoms with E-state index in [1.807, 2.05) is 0 Å². The van der Waals surface area contributed by atoms with Gasteiger partial charge in [0.25, 0.3) is 0 Å². The molecule has 5 aliphatic heterocycles. The van der Waals surface area contributed by atoms with Crippen LogP contribution in [0.4, 0.5) is 0 Å². The second kappa shape index (κ2) is 19.5. The molecular weight excluding hydrogens is 905 g/mol. The van der Waals surface area contributed by atoms with E-state index in [1.54, 1.807) is 0 Å². The summed E-state index contributed by atoms with van der Waals surface area (Å²) in [6.45, 7) is 45.5. The highest BCUT2D eigenvalue weighted by Crippen LogP contribution is 2.46. The topological polar surface area (TPSA) is 113 Å². The predicted molar refractivity (Wildman–Crippen MR) is 319 cm³/mol. The van der Waals surface area contributed by atoms with Crippen LogP contribution in [0.2, 0.25) is 0 Å². The molecule has 0 saturated heterocycles. The van der Waals surface area contributed by atoms with Crippen molar-refractivity contribution in [1.82, 2.24) is 19.9 Å². The van der Waals surface area contributed by atoms with Crippen molar-refractivity contribution in [1.29, 1.82) is 0 Å². The van der Waals surface area contributed by atoms with Crippen molar-refractivity contribution in [2.45, 2.75) is 190 Å². The van der Waals surface area contributed by atoms with E-state index >= 15 is 0 Å². The number of aliphatic imine (C=N–C) groups is 4. The summed E-state index contributed by atoms with van der Waals surface area (Å²) < 4.78 is 0. The van der Waals surface area contributed by atoms with Gasteiger partial charge < -0.3 is 19.9 Å². The zero-order valence-electron chi connectivity index (χ0n) is 48.8. The molecule has 0 aromatic carbocycles. The number of hydrogen-bond donors (Lipinski definition) is 4. The van der Waals surface area contributed by atoms with Crippen molar-refractivity contribution in [3.63, 3.8) is 0 Å². The minimum absolute atomic E-state index is 0.444. The Morgan fingerprint density at radius 1 is 0.284 bits per heavy atom. The predicted octanol–water partition coefficient (Wildman–Crippen LogP) is 17.1. The monoisotopic (exact) mass is 989 g/mol. The first-order valence-corrected chi connectivity index (χ1v) is 28.1. The van der Waals surface area contributed by atoms with Crippen LogP contribution in [0.1, 0.15) is 206 Å². The van der Waals surface area contributed by atoms with Crippen LogP contribution >= 0.6 is 0 Å². The van der Waals surface area contributed by atoms with Gasteiger partial charge in [0.15, 0.2) is 0 Å². The minimum Gasteiger partial charge on any atom is -0.353 e. The Morgan fingerprint density at radius 3 is 0.622 bits per heavy atom. The number of rotatable bonds is 8. The summed E-state index contributed by atoms with van der Waals surface area (Å²) in [6, 6.07) is 0. The van der Waals surface area contributed by atoms with Gasteiger partial charge in [-0.05, 0) is 248 Å². The molecule has 8 heteroatoms. The van der Waals surface area contributed by atoms with Gasteiger partial charge in [-0.2, -0.15) is 0 Å². The summed E-state index contributed by atoms with van der Waals surface area (Å²) in [6.07, 6.45) is 16.6. The minimum atomic E-state index is -0.444. The molecule has 0 fully saturated rings. The van der Waals surface area contributed by atoms with Crippen LogP contribution in [-0.4, -0.2) is 42.8 Å². The van der Waals surface area contributed by atoms with E-state index in [4.69, 9.17) is 20.0 Å². The maximum Gasteiger partial charge on any atom is 0.0686 e. The number of hydrogen-bond acceptors (Lipinski definition) is 4. The number of aromatic nitrogens is 4. The Balaban J connectivity index is 1.31. The normalized spacial score (nSPS) is 21.4. The Bertz CT molecular complexity index is 3010. The molecule has 0 atom stereocenters. The Kier molecular flexibility index (Phi) is 13.8. The number of aromatic amines is 4. The van der Waals surface area contributed by atoms with Crippen LogP contribution in [0.5, 0.6) is 0 Å². The standard InChI is InChI=1S/C66H84N8/c1-21-41-45(25-5)57-58-46(26-6)42(22-2)54(68-58)30-50-34(10)39(15)63(72-50)66(19,20)64-40(16)36(12)52(74-64)32-56-44(24-4)48(28-8)60(70-56)59-47(27-7)43(23-3)55(69-59)31-51-35(11)38(14)62(73-51)65(17,18)61-37(13)33(9)49(71-61)29-53(41)67-57/h29-32,67-70H,21-28H2,1-20H3/b49-29-,50-30+,51-31+,52-32-. The smallest absolute Gasteiger partial charge is 0.0686 e. The summed E-state index contributed by atoms with van der Waals surface area (Å²) in [5.74, 6) is 0. The quantitative estimate of drug-likeness (QED) is 0.135. The average molecular weight is 989 g/mol. The number of H-pyrrole nitrogens is 4. The van der Waals surface area contributed by atoms with Gasteiger partial charge in [0.1, 0.15) is 0 Å². The van der Waals surface area contributed by atoms with Gasteiger partial charge in [0.2, 0.25) is 0 Å². The maximum absolute atomic E-state index is 5.56. The van der Waals surface area contributed by atoms with Crippen LogP contribution in [-0.2, 0) is 51.4 Å². The first kappa shape index (κ1) is 52.6. The van der Waals surface area contributed by atoms with Crippen LogP contribution in [0.3, 0.4) is 0 Å². The van der Waals surface area contributed by atoms with Gasteiger partial charge in [0.05, 0.1) is 68.4 Å². The zero-order chi connectivity index (χ0) is 53.6. The molecule has 388 valence electrons. The molecule has 0 radical (unpaired) electrons. The summed E-state index contributed by atoms with van der Waals surface area (Å²) in [5, 5.41) is 0. The number of allylic oxidation sites excluding steroid dienone is 8. The summed E-state index contributed by atoms with van der Waals surface area (Å²) >= 11 is 0. The van der Waals surface area contributed by atoms with E-state index in [1.165, 1.54) is 112 Å². The number of fused-ring (bicyclic) bond motifs is 14. The third-order valence-electron chi connectivity index (χ3n) is 18.0. The zero-order valence-corrected chi connectivity index (χ0v) is 48.8. The second-order valence-corrected chi connectivity index (χ2v) is 22.5. The van der Waals surface area contributed by atoms with Gasteiger partial charge in [-0.15, -0.1) is 0 Å². The fourth-order valence-corrected chi connectivity index (χ4v) is 13.3. The van der Waals surface area contributed by atoms with Crippen LogP contribution < -0.4 is 0 Å². The molecule has 0 saturated carbocycles. The molecule has 9 heterocycles. The molecule has 0 unspecified atom stereocenters. The van der Waals surface area contributed by atoms with Crippen molar-refractivity contribution in [2.75, 3.05) is 0 Å². The van der Waals surface area contributed by atoms with Gasteiger partial charge in [-0.25, -0.2) is 0 Å². The molecule has 4 aromatic heterocycles. The maximum atomic E-state index is 5.56. The van der Waals surface area contributed by atoms with Gasteiger partial charge in [0, 0.05) is 33.6 Å². The lowest BCUT2D eigenvalue weighted by Gasteiger charge is -2.27. The molecular formula is C66H84N8. The fourth-order valence-electron chi connectivity index (χ4n) is 13.3. The summed E-state index contributed by atoms with van der Waals surface area (Å²) in [4.78, 5) is 38.3. The van der Waals surface area contributed by atoms with E-state index in [9.17, 15) is 0 Å². The summed E-state index contributed by atoms with van der Waals surface area (Å²) in [5.41, 5.74) is 37.4. The number of nitrogens with one attached hydrogen (secondary N) is 4. The third kappa shape index (κ3) is 7.98. The van der Waals surface area contributed by atoms with E-state index < -0.39 is 10.8 Å². The highest BCUT2D eigenvalue weighted by Gasteiger charge is 2.41. The highest BCUT2D eigenvalue weighted by molar-refractivity contribution is 6.27. The molecule has 4 aromatic rings. The van der Waals surface area contributed by atoms with Crippen molar-refractivity contribution in [3.05, 3.63) is 135 Å². The lowest BCUT2D eigenvalue weighted by Crippen LogP contribution is -2.33. The lowest BCUT2D eigenvalue weighted by molar-refractivity contribution is 0.727. The molecule has 16 bridgehead atoms. The van der Waals surface area contributed by atoms with E-state index in [0.29, 0.717) is 0 Å². The van der Waals surface area contributed by atoms with Crippen molar-refractivity contribution >= 4 is 47.2 Å². The van der Waals surface area contributed by atoms with Gasteiger partial charge >= 0.3 is 0 Å². The van der Waals surface area contributed by atoms with Crippen LogP contribution in [0.15, 0.2) is 87.3 Å². The largest absolute Gasteiger partial charge is 0.353 e. The Hall–Kier alpha value is -6.28. The van der Waals surface area contributed by atoms with Gasteiger partial charge in [-0.3, -0.25) is 20.0 Å². The van der Waals surface area contributed by atoms with Gasteiger partial charge in [-0.1, -0.05) is 55.4 Å². The second-order valence-electron chi connectivity index (χ2n) is 22.5. The van der Waals surface area contributed by atoms with E-state index in [-0.39, 0.29) is 0 Å². The van der Waals surface area contributed by atoms with Crippen molar-refractivity contribution in [2.24, 2.45) is 30.8 Å². The molecule has 9 rings (SSSR count). The average Bonchev–Trinajstić information content (AvgIpc) is 4.27. The highest BCUT2D eigenvalue weighted by atomic mass is 14.9. The molecule has 0 amide bonds. The number of nitrogens with zero attached hydrogens (tertiary/aromatic N) is 4. The molecule has 0 aliphatic carbocycles. The molecule has 5 aliphatic rings. The van der Waals surface area contributed by atoms with Crippen molar-refractivity contribution < 1.29 is 0 Å².